The second kappa shape index (κ2) is 4.14. The molecule has 0 amide bonds. The van der Waals surface area contributed by atoms with Gasteiger partial charge in [-0.25, -0.2) is 0 Å². The van der Waals surface area contributed by atoms with Crippen LogP contribution in [-0.2, 0) is 0 Å². The summed E-state index contributed by atoms with van der Waals surface area (Å²) in [6, 6.07) is 1.82. The summed E-state index contributed by atoms with van der Waals surface area (Å²) < 4.78 is -0.326. The van der Waals surface area contributed by atoms with Gasteiger partial charge in [0.15, 0.2) is 5.78 Å². The second-order valence-electron chi connectivity index (χ2n) is 2.36. The van der Waals surface area contributed by atoms with E-state index < -0.39 is 0 Å². The lowest BCUT2D eigenvalue weighted by Gasteiger charge is -2.03. The van der Waals surface area contributed by atoms with Gasteiger partial charge in [0, 0.05) is 18.0 Å². The highest BCUT2D eigenvalue weighted by Crippen LogP contribution is 2.17. The first-order valence-electron chi connectivity index (χ1n) is 3.36. The van der Waals surface area contributed by atoms with Crippen molar-refractivity contribution in [2.45, 2.75) is 10.7 Å². The van der Waals surface area contributed by atoms with Crippen molar-refractivity contribution in [1.82, 2.24) is 4.98 Å². The molecular formula is C8H7Br2NO. The summed E-state index contributed by atoms with van der Waals surface area (Å²) in [6.45, 7) is 1.89. The summed E-state index contributed by atoms with van der Waals surface area (Å²) in [6.07, 6.45) is 3.25. The van der Waals surface area contributed by atoms with Crippen molar-refractivity contribution in [2.75, 3.05) is 0 Å². The number of alkyl halides is 2. The van der Waals surface area contributed by atoms with Crippen molar-refractivity contribution < 1.29 is 4.79 Å². The Kier molecular flexibility index (Phi) is 3.40. The zero-order valence-electron chi connectivity index (χ0n) is 6.42. The van der Waals surface area contributed by atoms with Gasteiger partial charge in [-0.1, -0.05) is 31.9 Å². The first kappa shape index (κ1) is 9.86. The van der Waals surface area contributed by atoms with Crippen molar-refractivity contribution in [1.29, 1.82) is 0 Å². The molecule has 0 fully saturated rings. The number of halogens is 2. The van der Waals surface area contributed by atoms with Gasteiger partial charge in [0.2, 0.25) is 0 Å². The molecule has 0 atom stereocenters. The molecule has 1 rings (SSSR count). The van der Waals surface area contributed by atoms with Gasteiger partial charge in [0.1, 0.15) is 3.74 Å². The SMILES string of the molecule is Cc1ccncc1C(=O)C(Br)Br. The van der Waals surface area contributed by atoms with Crippen molar-refractivity contribution in [2.24, 2.45) is 0 Å². The van der Waals surface area contributed by atoms with Crippen molar-refractivity contribution in [3.05, 3.63) is 29.6 Å². The van der Waals surface area contributed by atoms with Crippen molar-refractivity contribution >= 4 is 37.6 Å². The molecule has 0 aromatic carbocycles. The third-order valence-corrected chi connectivity index (χ3v) is 2.33. The van der Waals surface area contributed by atoms with E-state index in [-0.39, 0.29) is 9.52 Å². The van der Waals surface area contributed by atoms with Crippen LogP contribution in [0.3, 0.4) is 0 Å². The normalized spacial score (nSPS) is 10.3. The van der Waals surface area contributed by atoms with Crippen LogP contribution >= 0.6 is 31.9 Å². The van der Waals surface area contributed by atoms with Crippen LogP contribution in [0.15, 0.2) is 18.5 Å². The number of ketones is 1. The van der Waals surface area contributed by atoms with Crippen LogP contribution < -0.4 is 0 Å². The molecule has 0 aliphatic heterocycles. The van der Waals surface area contributed by atoms with E-state index in [1.54, 1.807) is 12.4 Å². The number of nitrogens with zero attached hydrogens (tertiary/aromatic N) is 1. The van der Waals surface area contributed by atoms with Gasteiger partial charge in [-0.05, 0) is 18.6 Å². The topological polar surface area (TPSA) is 30.0 Å². The van der Waals surface area contributed by atoms with Gasteiger partial charge >= 0.3 is 0 Å². The molecule has 0 unspecified atom stereocenters. The van der Waals surface area contributed by atoms with E-state index in [0.29, 0.717) is 5.56 Å². The standard InChI is InChI=1S/C8H7Br2NO/c1-5-2-3-11-4-6(5)7(12)8(9)10/h2-4,8H,1H3. The summed E-state index contributed by atoms with van der Waals surface area (Å²) in [5, 5.41) is 0. The van der Waals surface area contributed by atoms with E-state index in [0.717, 1.165) is 5.56 Å². The number of carbonyl (C=O) groups is 1. The smallest absolute Gasteiger partial charge is 0.188 e. The lowest BCUT2D eigenvalue weighted by Crippen LogP contribution is -2.09. The highest BCUT2D eigenvalue weighted by molar-refractivity contribution is 9.25. The molecule has 1 aromatic rings. The number of aryl methyl sites for hydroxylation is 1. The molecule has 1 aromatic heterocycles. The Bertz CT molecular complexity index is 299. The highest BCUT2D eigenvalue weighted by atomic mass is 79.9. The maximum absolute atomic E-state index is 11.4. The Balaban J connectivity index is 3.03. The van der Waals surface area contributed by atoms with Gasteiger partial charge in [0.05, 0.1) is 0 Å². The largest absolute Gasteiger partial charge is 0.292 e. The molecule has 0 saturated carbocycles. The Morgan fingerprint density at radius 2 is 2.25 bits per heavy atom. The van der Waals surface area contributed by atoms with Crippen LogP contribution in [0.4, 0.5) is 0 Å². The number of carbonyl (C=O) groups excluding carboxylic acids is 1. The first-order chi connectivity index (χ1) is 5.63. The van der Waals surface area contributed by atoms with Gasteiger partial charge in [-0.3, -0.25) is 9.78 Å². The van der Waals surface area contributed by atoms with Crippen LogP contribution in [0.2, 0.25) is 0 Å². The average Bonchev–Trinajstić information content (AvgIpc) is 2.04. The third kappa shape index (κ3) is 2.14. The summed E-state index contributed by atoms with van der Waals surface area (Å²) >= 11 is 6.30. The number of aromatic nitrogens is 1. The predicted molar refractivity (Wildman–Crippen MR) is 54.9 cm³/mol. The number of Topliss-reactive ketones (excluding diaryl/α,β-unsaturated/α-hetero) is 1. The van der Waals surface area contributed by atoms with E-state index in [1.165, 1.54) is 0 Å². The van der Waals surface area contributed by atoms with Crippen LogP contribution in [0.5, 0.6) is 0 Å². The molecule has 12 heavy (non-hydrogen) atoms. The zero-order valence-corrected chi connectivity index (χ0v) is 9.59. The molecule has 0 spiro atoms. The summed E-state index contributed by atoms with van der Waals surface area (Å²) in [4.78, 5) is 15.3. The molecule has 0 aliphatic carbocycles. The number of hydrogen-bond acceptors (Lipinski definition) is 2. The molecule has 2 nitrogen and oxygen atoms in total. The fourth-order valence-corrected chi connectivity index (χ4v) is 1.33. The molecule has 4 heteroatoms. The minimum Gasteiger partial charge on any atom is -0.292 e. The van der Waals surface area contributed by atoms with Gasteiger partial charge < -0.3 is 0 Å². The minimum absolute atomic E-state index is 0.000556. The monoisotopic (exact) mass is 291 g/mol. The van der Waals surface area contributed by atoms with Crippen molar-refractivity contribution in [3.8, 4) is 0 Å². The van der Waals surface area contributed by atoms with E-state index >= 15 is 0 Å². The predicted octanol–water partition coefficient (Wildman–Crippen LogP) is 2.69. The van der Waals surface area contributed by atoms with Gasteiger partial charge in [-0.15, -0.1) is 0 Å². The number of pyridine rings is 1. The van der Waals surface area contributed by atoms with E-state index in [2.05, 4.69) is 36.8 Å². The molecule has 1 heterocycles. The molecule has 0 N–H and O–H groups in total. The third-order valence-electron chi connectivity index (χ3n) is 1.50. The van der Waals surface area contributed by atoms with Crippen LogP contribution in [0.1, 0.15) is 15.9 Å². The van der Waals surface area contributed by atoms with Crippen LogP contribution in [0.25, 0.3) is 0 Å². The maximum Gasteiger partial charge on any atom is 0.188 e. The number of rotatable bonds is 2. The average molecular weight is 293 g/mol. The van der Waals surface area contributed by atoms with Crippen LogP contribution in [0, 0.1) is 6.92 Å². The minimum atomic E-state index is -0.326. The Morgan fingerprint density at radius 1 is 1.58 bits per heavy atom. The summed E-state index contributed by atoms with van der Waals surface area (Å²) in [7, 11) is 0. The highest BCUT2D eigenvalue weighted by Gasteiger charge is 2.14. The van der Waals surface area contributed by atoms with E-state index in [1.807, 2.05) is 13.0 Å². The molecule has 64 valence electrons. The Labute approximate surface area is 87.6 Å². The fraction of sp³-hybridized carbons (Fsp3) is 0.250. The lowest BCUT2D eigenvalue weighted by molar-refractivity contribution is 0.101. The Hall–Kier alpha value is -0.220. The van der Waals surface area contributed by atoms with E-state index in [4.69, 9.17) is 0 Å². The summed E-state index contributed by atoms with van der Waals surface area (Å²) in [5.74, 6) is 0.000556. The maximum atomic E-state index is 11.4. The molecular weight excluding hydrogens is 286 g/mol. The summed E-state index contributed by atoms with van der Waals surface area (Å²) in [5.41, 5.74) is 1.59. The molecule has 0 aliphatic rings. The fourth-order valence-electron chi connectivity index (χ4n) is 0.839. The van der Waals surface area contributed by atoms with E-state index in [9.17, 15) is 4.79 Å². The quantitative estimate of drug-likeness (QED) is 0.620. The van der Waals surface area contributed by atoms with Crippen LogP contribution in [-0.4, -0.2) is 14.5 Å². The Morgan fingerprint density at radius 3 is 2.75 bits per heavy atom. The first-order valence-corrected chi connectivity index (χ1v) is 5.19. The molecule has 0 saturated heterocycles. The van der Waals surface area contributed by atoms with Gasteiger partial charge in [-0.2, -0.15) is 0 Å². The zero-order chi connectivity index (χ0) is 9.14. The molecule has 0 radical (unpaired) electrons. The van der Waals surface area contributed by atoms with Gasteiger partial charge in [0.25, 0.3) is 0 Å². The van der Waals surface area contributed by atoms with Crippen molar-refractivity contribution in [3.63, 3.8) is 0 Å². The lowest BCUT2D eigenvalue weighted by atomic mass is 10.1. The second-order valence-corrected chi connectivity index (χ2v) is 5.42. The number of hydrogen-bond donors (Lipinski definition) is 0. The molecule has 0 bridgehead atoms.